The number of rotatable bonds is 6. The second-order valence-corrected chi connectivity index (χ2v) is 7.73. The van der Waals surface area contributed by atoms with Crippen LogP contribution in [0, 0.1) is 0 Å². The van der Waals surface area contributed by atoms with Crippen LogP contribution in [0.2, 0.25) is 0 Å². The zero-order valence-electron chi connectivity index (χ0n) is 17.4. The van der Waals surface area contributed by atoms with Crippen molar-refractivity contribution in [3.8, 4) is 17.2 Å². The van der Waals surface area contributed by atoms with Crippen LogP contribution in [0.4, 0.5) is 0 Å². The number of aromatic nitrogens is 2. The molecule has 168 valence electrons. The first kappa shape index (κ1) is 22.1. The van der Waals surface area contributed by atoms with E-state index in [0.29, 0.717) is 40.1 Å². The highest BCUT2D eigenvalue weighted by molar-refractivity contribution is 5.85. The molecule has 1 aliphatic heterocycles. The average molecular weight is 457 g/mol. The van der Waals surface area contributed by atoms with Gasteiger partial charge in [-0.3, -0.25) is 4.90 Å². The average Bonchev–Trinajstić information content (AvgIpc) is 3.46. The molecule has 0 bridgehead atoms. The Morgan fingerprint density at radius 2 is 2.12 bits per heavy atom. The van der Waals surface area contributed by atoms with Crippen LogP contribution in [0.1, 0.15) is 12.8 Å². The van der Waals surface area contributed by atoms with Crippen molar-refractivity contribution in [2.24, 2.45) is 5.16 Å². The number of ether oxygens (including phenoxy) is 1. The van der Waals surface area contributed by atoms with Crippen LogP contribution < -0.4 is 10.1 Å². The minimum atomic E-state index is 0. The van der Waals surface area contributed by atoms with E-state index in [1.54, 1.807) is 12.4 Å². The number of benzene rings is 1. The summed E-state index contributed by atoms with van der Waals surface area (Å²) in [5, 5.41) is 23.5. The maximum absolute atomic E-state index is 9.60. The minimum Gasteiger partial charge on any atom is -0.492 e. The molecule has 5 rings (SSSR count). The van der Waals surface area contributed by atoms with Crippen molar-refractivity contribution in [2.45, 2.75) is 18.9 Å². The van der Waals surface area contributed by atoms with Crippen molar-refractivity contribution in [3.63, 3.8) is 0 Å². The van der Waals surface area contributed by atoms with E-state index in [1.807, 2.05) is 47.0 Å². The van der Waals surface area contributed by atoms with Crippen LogP contribution in [-0.2, 0) is 0 Å². The third-order valence-corrected chi connectivity index (χ3v) is 5.85. The predicted octanol–water partition coefficient (Wildman–Crippen LogP) is 3.29. The fraction of sp³-hybridized carbons (Fsp3) is 0.304. The molecule has 1 aliphatic rings. The van der Waals surface area contributed by atoms with E-state index in [1.165, 1.54) is 0 Å². The van der Waals surface area contributed by atoms with E-state index < -0.39 is 0 Å². The number of nitrogens with zero attached hydrogens (tertiary/aromatic N) is 4. The number of aliphatic hydroxyl groups excluding tert-OH is 1. The summed E-state index contributed by atoms with van der Waals surface area (Å²) in [5.74, 6) is 1.19. The summed E-state index contributed by atoms with van der Waals surface area (Å²) < 4.78 is 13.9. The highest BCUT2D eigenvalue weighted by Crippen LogP contribution is 2.25. The highest BCUT2D eigenvalue weighted by atomic mass is 35.5. The molecule has 0 unspecified atom stereocenters. The summed E-state index contributed by atoms with van der Waals surface area (Å²) in [7, 11) is 0. The standard InChI is InChI=1S/C23H24N4O4.ClH/c28-14-17-4-2-7-26(17)9-10-30-18-5-6-22-19(12-18)20(25-29)13-23(31-22)21-11-16-3-1-8-27(16)15-24-21;/h1,3,5-6,8,11-13,15,17,28-29H,2,4,7,9-10,14H2;1H/b25-20-;/t17-;/m0./s1. The molecule has 1 saturated heterocycles. The van der Waals surface area contributed by atoms with Gasteiger partial charge in [-0.25, -0.2) is 4.98 Å². The van der Waals surface area contributed by atoms with Gasteiger partial charge in [0, 0.05) is 30.4 Å². The van der Waals surface area contributed by atoms with E-state index in [0.717, 1.165) is 31.4 Å². The molecule has 0 radical (unpaired) electrons. The van der Waals surface area contributed by atoms with Crippen LogP contribution in [0.5, 0.6) is 5.75 Å². The molecule has 1 aromatic carbocycles. The Balaban J connectivity index is 0.00000245. The molecule has 4 aromatic rings. The molecule has 0 amide bonds. The highest BCUT2D eigenvalue weighted by Gasteiger charge is 2.23. The van der Waals surface area contributed by atoms with Crippen LogP contribution in [0.25, 0.3) is 27.9 Å². The van der Waals surface area contributed by atoms with E-state index in [-0.39, 0.29) is 25.1 Å². The normalized spacial score (nSPS) is 17.2. The second-order valence-electron chi connectivity index (χ2n) is 7.73. The number of hydrogen-bond acceptors (Lipinski definition) is 7. The first-order valence-corrected chi connectivity index (χ1v) is 10.4. The lowest BCUT2D eigenvalue weighted by atomic mass is 10.2. The lowest BCUT2D eigenvalue weighted by Crippen LogP contribution is -2.35. The van der Waals surface area contributed by atoms with E-state index in [4.69, 9.17) is 9.15 Å². The third-order valence-electron chi connectivity index (χ3n) is 5.85. The molecule has 1 atom stereocenters. The maximum Gasteiger partial charge on any atom is 0.155 e. The summed E-state index contributed by atoms with van der Waals surface area (Å²) in [6.45, 7) is 2.46. The monoisotopic (exact) mass is 456 g/mol. The molecule has 2 N–H and O–H groups in total. The van der Waals surface area contributed by atoms with Gasteiger partial charge in [-0.1, -0.05) is 5.16 Å². The van der Waals surface area contributed by atoms with Crippen molar-refractivity contribution < 1.29 is 19.5 Å². The molecule has 8 nitrogen and oxygen atoms in total. The van der Waals surface area contributed by atoms with Gasteiger partial charge in [0.15, 0.2) is 5.76 Å². The summed E-state index contributed by atoms with van der Waals surface area (Å²) in [5.41, 5.74) is 2.23. The second kappa shape index (κ2) is 9.60. The Hall–Kier alpha value is -3.07. The Bertz CT molecular complexity index is 1290. The van der Waals surface area contributed by atoms with Crippen LogP contribution in [0.3, 0.4) is 0 Å². The summed E-state index contributed by atoms with van der Waals surface area (Å²) in [4.78, 5) is 6.70. The lowest BCUT2D eigenvalue weighted by Gasteiger charge is -2.22. The molecule has 9 heteroatoms. The number of fused-ring (bicyclic) bond motifs is 2. The fourth-order valence-electron chi connectivity index (χ4n) is 4.19. The fourth-order valence-corrected chi connectivity index (χ4v) is 4.19. The van der Waals surface area contributed by atoms with Gasteiger partial charge in [0.1, 0.15) is 29.0 Å². The molecule has 1 fully saturated rings. The van der Waals surface area contributed by atoms with Gasteiger partial charge < -0.3 is 23.9 Å². The van der Waals surface area contributed by atoms with Gasteiger partial charge >= 0.3 is 0 Å². The van der Waals surface area contributed by atoms with Crippen molar-refractivity contribution in [1.82, 2.24) is 14.3 Å². The van der Waals surface area contributed by atoms with E-state index in [2.05, 4.69) is 15.0 Å². The zero-order chi connectivity index (χ0) is 21.2. The molecular weight excluding hydrogens is 432 g/mol. The van der Waals surface area contributed by atoms with Crippen molar-refractivity contribution in [1.29, 1.82) is 0 Å². The molecule has 0 spiro atoms. The topological polar surface area (TPSA) is 95.7 Å². The van der Waals surface area contributed by atoms with Crippen LogP contribution in [0.15, 0.2) is 64.6 Å². The molecule has 0 aliphatic carbocycles. The summed E-state index contributed by atoms with van der Waals surface area (Å²) in [6.07, 6.45) is 5.79. The Morgan fingerprint density at radius 3 is 2.97 bits per heavy atom. The zero-order valence-corrected chi connectivity index (χ0v) is 18.2. The van der Waals surface area contributed by atoms with Gasteiger partial charge in [-0.05, 0) is 55.8 Å². The SMILES string of the molecule is Cl.OC[C@@H]1CCCN1CCOc1ccc2oc(-c3cc4cccn4cn3)c/c(=N/O)c2c1. The number of halogens is 1. The van der Waals surface area contributed by atoms with Crippen LogP contribution >= 0.6 is 12.4 Å². The van der Waals surface area contributed by atoms with Crippen molar-refractivity contribution in [3.05, 3.63) is 60.3 Å². The van der Waals surface area contributed by atoms with Gasteiger partial charge in [-0.2, -0.15) is 0 Å². The Kier molecular flexibility index (Phi) is 6.64. The first-order chi connectivity index (χ1) is 15.2. The molecule has 4 heterocycles. The first-order valence-electron chi connectivity index (χ1n) is 10.4. The van der Waals surface area contributed by atoms with E-state index >= 15 is 0 Å². The van der Waals surface area contributed by atoms with Gasteiger partial charge in [0.2, 0.25) is 0 Å². The third kappa shape index (κ3) is 4.29. The molecule has 3 aromatic heterocycles. The van der Waals surface area contributed by atoms with E-state index in [9.17, 15) is 10.3 Å². The molecule has 32 heavy (non-hydrogen) atoms. The number of likely N-dealkylation sites (tertiary alicyclic amines) is 1. The van der Waals surface area contributed by atoms with Crippen molar-refractivity contribution >= 4 is 28.9 Å². The van der Waals surface area contributed by atoms with Crippen molar-refractivity contribution in [2.75, 3.05) is 26.3 Å². The predicted molar refractivity (Wildman–Crippen MR) is 122 cm³/mol. The molecule has 0 saturated carbocycles. The largest absolute Gasteiger partial charge is 0.492 e. The van der Waals surface area contributed by atoms with Crippen LogP contribution in [-0.4, -0.2) is 56.9 Å². The Labute approximate surface area is 190 Å². The quantitative estimate of drug-likeness (QED) is 0.341. The lowest BCUT2D eigenvalue weighted by molar-refractivity contribution is 0.139. The van der Waals surface area contributed by atoms with Gasteiger partial charge in [0.25, 0.3) is 0 Å². The number of hydrogen-bond donors (Lipinski definition) is 2. The van der Waals surface area contributed by atoms with Gasteiger partial charge in [0.05, 0.1) is 18.3 Å². The molecular formula is C23H25ClN4O4. The van der Waals surface area contributed by atoms with Gasteiger partial charge in [-0.15, -0.1) is 12.4 Å². The maximum atomic E-state index is 9.60. The Morgan fingerprint density at radius 1 is 1.22 bits per heavy atom. The number of aliphatic hydroxyl groups is 1. The minimum absolute atomic E-state index is 0. The summed E-state index contributed by atoms with van der Waals surface area (Å²) in [6, 6.07) is 13.2. The smallest absolute Gasteiger partial charge is 0.155 e. The summed E-state index contributed by atoms with van der Waals surface area (Å²) >= 11 is 0.